The van der Waals surface area contributed by atoms with E-state index in [1.54, 1.807) is 12.3 Å². The molecule has 4 heterocycles. The van der Waals surface area contributed by atoms with Crippen LogP contribution in [0.4, 0.5) is 8.78 Å². The summed E-state index contributed by atoms with van der Waals surface area (Å²) in [7, 11) is -1.31. The molecule has 2 aromatic carbocycles. The zero-order valence-electron chi connectivity index (χ0n) is 18.9. The van der Waals surface area contributed by atoms with E-state index >= 15 is 0 Å². The van der Waals surface area contributed by atoms with Gasteiger partial charge in [-0.3, -0.25) is 5.10 Å². The number of fused-ring (bicyclic) bond motifs is 2. The number of rotatable bonds is 4. The molecule has 0 aliphatic carbocycles. The molecule has 6 rings (SSSR count). The number of nitrogens with one attached hydrogen (secondary N) is 1. The molecular formula is C25H22F2N6OS. The summed E-state index contributed by atoms with van der Waals surface area (Å²) in [6, 6.07) is 12.8. The highest BCUT2D eigenvalue weighted by molar-refractivity contribution is 7.82. The average molecular weight is 493 g/mol. The van der Waals surface area contributed by atoms with Crippen LogP contribution in [0.25, 0.3) is 33.5 Å². The van der Waals surface area contributed by atoms with Crippen molar-refractivity contribution >= 4 is 33.1 Å². The number of halogens is 2. The number of imidazole rings is 1. The molecule has 10 heteroatoms. The Morgan fingerprint density at radius 1 is 1.06 bits per heavy atom. The summed E-state index contributed by atoms with van der Waals surface area (Å²) in [4.78, 5) is 9.88. The predicted molar refractivity (Wildman–Crippen MR) is 130 cm³/mol. The molecule has 0 spiro atoms. The first kappa shape index (κ1) is 22.0. The number of benzene rings is 2. The smallest absolute Gasteiger partial charge is 0.160 e. The van der Waals surface area contributed by atoms with Gasteiger partial charge in [0, 0.05) is 42.5 Å². The molecule has 1 aliphatic rings. The summed E-state index contributed by atoms with van der Waals surface area (Å²) in [5.74, 6) is -0.867. The number of H-pyrrole nitrogens is 1. The monoisotopic (exact) mass is 492 g/mol. The summed E-state index contributed by atoms with van der Waals surface area (Å²) in [5, 5.41) is 8.16. The van der Waals surface area contributed by atoms with Crippen molar-refractivity contribution in [3.8, 4) is 11.4 Å². The summed E-state index contributed by atoms with van der Waals surface area (Å²) in [6.07, 6.45) is 3.07. The van der Waals surface area contributed by atoms with Crippen molar-refractivity contribution in [2.75, 3.05) is 13.1 Å². The number of piperidine rings is 1. The Labute approximate surface area is 202 Å². The van der Waals surface area contributed by atoms with Crippen molar-refractivity contribution in [1.29, 1.82) is 0 Å². The minimum Gasteiger partial charge on any atom is -0.305 e. The first-order valence-corrected chi connectivity index (χ1v) is 12.5. The summed E-state index contributed by atoms with van der Waals surface area (Å²) in [5.41, 5.74) is 3.34. The van der Waals surface area contributed by atoms with Gasteiger partial charge in [-0.15, -0.1) is 0 Å². The van der Waals surface area contributed by atoms with Gasteiger partial charge in [-0.2, -0.15) is 5.10 Å². The van der Waals surface area contributed by atoms with Crippen LogP contribution in [0.15, 0.2) is 59.6 Å². The minimum atomic E-state index is -1.31. The van der Waals surface area contributed by atoms with Crippen LogP contribution in [0.3, 0.4) is 0 Å². The Hall–Kier alpha value is -3.50. The molecule has 1 saturated heterocycles. The number of hydrogen-bond acceptors (Lipinski definition) is 4. The van der Waals surface area contributed by atoms with Gasteiger partial charge in [0.2, 0.25) is 0 Å². The second-order valence-electron chi connectivity index (χ2n) is 8.71. The molecule has 0 bridgehead atoms. The molecule has 0 amide bonds. The van der Waals surface area contributed by atoms with Crippen LogP contribution in [0.5, 0.6) is 0 Å². The third-order valence-electron chi connectivity index (χ3n) is 6.56. The third-order valence-corrected chi connectivity index (χ3v) is 8.05. The van der Waals surface area contributed by atoms with Gasteiger partial charge in [-0.25, -0.2) is 27.3 Å². The van der Waals surface area contributed by atoms with Gasteiger partial charge in [0.1, 0.15) is 34.0 Å². The predicted octanol–water partition coefficient (Wildman–Crippen LogP) is 4.92. The van der Waals surface area contributed by atoms with Crippen molar-refractivity contribution in [2.24, 2.45) is 0 Å². The molecule has 35 heavy (non-hydrogen) atoms. The van der Waals surface area contributed by atoms with E-state index in [0.717, 1.165) is 27.6 Å². The molecule has 1 unspecified atom stereocenters. The summed E-state index contributed by atoms with van der Waals surface area (Å²) >= 11 is 0. The molecule has 1 N–H and O–H groups in total. The van der Waals surface area contributed by atoms with E-state index in [2.05, 4.69) is 20.2 Å². The van der Waals surface area contributed by atoms with Crippen LogP contribution >= 0.6 is 0 Å². The maximum Gasteiger partial charge on any atom is 0.160 e. The summed E-state index contributed by atoms with van der Waals surface area (Å²) in [6.45, 7) is 3.13. The fourth-order valence-corrected chi connectivity index (χ4v) is 6.02. The first-order valence-electron chi connectivity index (χ1n) is 11.4. The quantitative estimate of drug-likeness (QED) is 0.386. The fourth-order valence-electron chi connectivity index (χ4n) is 4.78. The highest BCUT2D eigenvalue weighted by Crippen LogP contribution is 2.34. The van der Waals surface area contributed by atoms with Gasteiger partial charge in [-0.05, 0) is 62.2 Å². The Balaban J connectivity index is 1.29. The van der Waals surface area contributed by atoms with Gasteiger partial charge < -0.3 is 4.57 Å². The second kappa shape index (κ2) is 8.62. The molecule has 1 fully saturated rings. The highest BCUT2D eigenvalue weighted by atomic mass is 32.2. The van der Waals surface area contributed by atoms with Crippen molar-refractivity contribution in [3.63, 3.8) is 0 Å². The SMILES string of the molecule is Cc1[nH]nc2ccc(S(=O)N3CCC(n4c(-c5ccc(F)cc5F)nc5cccnc54)CC3)cc12. The van der Waals surface area contributed by atoms with E-state index < -0.39 is 22.6 Å². The second-order valence-corrected chi connectivity index (χ2v) is 10.2. The molecule has 7 nitrogen and oxygen atoms in total. The first-order chi connectivity index (χ1) is 17.0. The minimum absolute atomic E-state index is 0.0128. The number of nitrogens with zero attached hydrogens (tertiary/aromatic N) is 5. The van der Waals surface area contributed by atoms with Gasteiger partial charge >= 0.3 is 0 Å². The maximum atomic E-state index is 14.7. The molecule has 178 valence electrons. The van der Waals surface area contributed by atoms with E-state index in [1.807, 2.05) is 40.1 Å². The van der Waals surface area contributed by atoms with Crippen LogP contribution in [0.1, 0.15) is 24.6 Å². The molecule has 1 aliphatic heterocycles. The lowest BCUT2D eigenvalue weighted by Gasteiger charge is -2.32. The molecule has 3 aromatic heterocycles. The van der Waals surface area contributed by atoms with Gasteiger partial charge in [-0.1, -0.05) is 0 Å². The lowest BCUT2D eigenvalue weighted by Crippen LogP contribution is -2.36. The molecule has 5 aromatic rings. The summed E-state index contributed by atoms with van der Waals surface area (Å²) < 4.78 is 45.5. The fraction of sp³-hybridized carbons (Fsp3) is 0.240. The number of aromatic amines is 1. The molecule has 0 saturated carbocycles. The van der Waals surface area contributed by atoms with Crippen LogP contribution < -0.4 is 0 Å². The van der Waals surface area contributed by atoms with Crippen molar-refractivity contribution in [1.82, 2.24) is 29.0 Å². The van der Waals surface area contributed by atoms with Gasteiger partial charge in [0.05, 0.1) is 16.0 Å². The average Bonchev–Trinajstić information content (AvgIpc) is 3.44. The topological polar surface area (TPSA) is 79.7 Å². The largest absolute Gasteiger partial charge is 0.305 e. The third kappa shape index (κ3) is 3.82. The number of aryl methyl sites for hydroxylation is 1. The Kier molecular flexibility index (Phi) is 5.42. The van der Waals surface area contributed by atoms with Crippen LogP contribution in [-0.2, 0) is 11.0 Å². The lowest BCUT2D eigenvalue weighted by atomic mass is 10.1. The molecule has 1 atom stereocenters. The highest BCUT2D eigenvalue weighted by Gasteiger charge is 2.29. The van der Waals surface area contributed by atoms with E-state index in [0.29, 0.717) is 42.9 Å². The number of pyridine rings is 1. The standard InChI is InChI=1S/C25H22F2N6OS/c1-15-20-14-18(5-7-22(20)31-30-15)35(34)32-11-8-17(9-12-32)33-24(19-6-4-16(26)13-21(19)27)29-23-3-2-10-28-25(23)33/h2-7,10,13-14,17H,8-9,11-12H2,1H3,(H,30,31). The van der Waals surface area contributed by atoms with Crippen molar-refractivity contribution in [3.05, 3.63) is 72.1 Å². The van der Waals surface area contributed by atoms with E-state index in [4.69, 9.17) is 0 Å². The molecule has 0 radical (unpaired) electrons. The van der Waals surface area contributed by atoms with Gasteiger partial charge in [0.15, 0.2) is 5.65 Å². The Morgan fingerprint density at radius 2 is 1.89 bits per heavy atom. The Morgan fingerprint density at radius 3 is 2.69 bits per heavy atom. The Bertz CT molecular complexity index is 1590. The van der Waals surface area contributed by atoms with E-state index in [-0.39, 0.29) is 11.6 Å². The van der Waals surface area contributed by atoms with Crippen LogP contribution in [-0.4, -0.2) is 46.3 Å². The lowest BCUT2D eigenvalue weighted by molar-refractivity contribution is 0.287. The van der Waals surface area contributed by atoms with Gasteiger partial charge in [0.25, 0.3) is 0 Å². The number of hydrogen-bond donors (Lipinski definition) is 1. The normalized spacial score (nSPS) is 16.3. The van der Waals surface area contributed by atoms with E-state index in [1.165, 1.54) is 12.1 Å². The zero-order valence-corrected chi connectivity index (χ0v) is 19.7. The van der Waals surface area contributed by atoms with Crippen molar-refractivity contribution in [2.45, 2.75) is 30.7 Å². The molecular weight excluding hydrogens is 470 g/mol. The number of aromatic nitrogens is 5. The zero-order chi connectivity index (χ0) is 24.1. The van der Waals surface area contributed by atoms with Crippen molar-refractivity contribution < 1.29 is 13.0 Å². The van der Waals surface area contributed by atoms with E-state index in [9.17, 15) is 13.0 Å². The maximum absolute atomic E-state index is 14.7. The van der Waals surface area contributed by atoms with Crippen LogP contribution in [0.2, 0.25) is 0 Å². The van der Waals surface area contributed by atoms with Crippen LogP contribution in [0, 0.1) is 18.6 Å².